The van der Waals surface area contributed by atoms with Gasteiger partial charge < -0.3 is 5.32 Å². The lowest BCUT2D eigenvalue weighted by atomic mass is 10.3. The Morgan fingerprint density at radius 3 is 2.62 bits per heavy atom. The standard InChI is InChI=1S/C9H8BrF3N2O/c10-6-1-2-7(14-5-6)15-8(16)3-4-9(11,12)13/h1-2,5H,3-4H2,(H,14,15,16). The second-order valence-corrected chi connectivity index (χ2v) is 3.94. The van der Waals surface area contributed by atoms with E-state index in [-0.39, 0.29) is 5.82 Å². The van der Waals surface area contributed by atoms with E-state index in [1.807, 2.05) is 0 Å². The zero-order chi connectivity index (χ0) is 12.2. The van der Waals surface area contributed by atoms with Crippen molar-refractivity contribution >= 4 is 27.7 Å². The normalized spacial score (nSPS) is 11.2. The predicted octanol–water partition coefficient (Wildman–Crippen LogP) is 3.13. The summed E-state index contributed by atoms with van der Waals surface area (Å²) in [6, 6.07) is 3.13. The third-order valence-electron chi connectivity index (χ3n) is 1.63. The molecule has 0 spiro atoms. The van der Waals surface area contributed by atoms with E-state index in [0.29, 0.717) is 0 Å². The first-order valence-electron chi connectivity index (χ1n) is 4.35. The first kappa shape index (κ1) is 13.0. The number of amides is 1. The van der Waals surface area contributed by atoms with Gasteiger partial charge in [0.05, 0.1) is 6.42 Å². The minimum Gasteiger partial charge on any atom is -0.311 e. The van der Waals surface area contributed by atoms with E-state index in [4.69, 9.17) is 0 Å². The number of carbonyl (C=O) groups excluding carboxylic acids is 1. The van der Waals surface area contributed by atoms with Gasteiger partial charge in [0.2, 0.25) is 5.91 Å². The first-order valence-corrected chi connectivity index (χ1v) is 5.14. The number of carbonyl (C=O) groups is 1. The van der Waals surface area contributed by atoms with Crippen LogP contribution in [-0.4, -0.2) is 17.1 Å². The summed E-state index contributed by atoms with van der Waals surface area (Å²) in [6.45, 7) is 0. The number of aromatic nitrogens is 1. The number of anilines is 1. The van der Waals surface area contributed by atoms with Crippen LogP contribution in [0.3, 0.4) is 0 Å². The Hall–Kier alpha value is -1.11. The molecule has 88 valence electrons. The van der Waals surface area contributed by atoms with Crippen molar-refractivity contribution < 1.29 is 18.0 Å². The van der Waals surface area contributed by atoms with Crippen molar-refractivity contribution in [2.24, 2.45) is 0 Å². The van der Waals surface area contributed by atoms with Gasteiger partial charge in [0.15, 0.2) is 0 Å². The summed E-state index contributed by atoms with van der Waals surface area (Å²) in [5, 5.41) is 2.27. The highest BCUT2D eigenvalue weighted by molar-refractivity contribution is 9.10. The van der Waals surface area contributed by atoms with Gasteiger partial charge in [-0.2, -0.15) is 13.2 Å². The van der Waals surface area contributed by atoms with Gasteiger partial charge in [-0.25, -0.2) is 4.98 Å². The van der Waals surface area contributed by atoms with Gasteiger partial charge in [-0.1, -0.05) is 0 Å². The van der Waals surface area contributed by atoms with E-state index in [0.717, 1.165) is 4.47 Å². The molecule has 0 saturated carbocycles. The Labute approximate surface area is 98.2 Å². The van der Waals surface area contributed by atoms with Gasteiger partial charge in [0, 0.05) is 17.1 Å². The second-order valence-electron chi connectivity index (χ2n) is 3.03. The molecule has 0 saturated heterocycles. The molecule has 1 rings (SSSR count). The molecule has 1 amide bonds. The summed E-state index contributed by atoms with van der Waals surface area (Å²) in [6.07, 6.45) is -4.60. The third-order valence-corrected chi connectivity index (χ3v) is 2.10. The summed E-state index contributed by atoms with van der Waals surface area (Å²) in [4.78, 5) is 14.9. The average molecular weight is 297 g/mol. The minimum atomic E-state index is -4.31. The highest BCUT2D eigenvalue weighted by Crippen LogP contribution is 2.21. The largest absolute Gasteiger partial charge is 0.389 e. The Morgan fingerprint density at radius 2 is 2.12 bits per heavy atom. The zero-order valence-electron chi connectivity index (χ0n) is 8.01. The van der Waals surface area contributed by atoms with Crippen LogP contribution in [0.4, 0.5) is 19.0 Å². The van der Waals surface area contributed by atoms with E-state index in [2.05, 4.69) is 26.2 Å². The summed E-state index contributed by atoms with van der Waals surface area (Å²) >= 11 is 3.14. The molecule has 0 bridgehead atoms. The lowest BCUT2D eigenvalue weighted by Gasteiger charge is -2.06. The van der Waals surface area contributed by atoms with Gasteiger partial charge in [-0.15, -0.1) is 0 Å². The van der Waals surface area contributed by atoms with Crippen LogP contribution in [-0.2, 0) is 4.79 Å². The van der Waals surface area contributed by atoms with Crippen LogP contribution < -0.4 is 5.32 Å². The maximum atomic E-state index is 11.8. The number of pyridine rings is 1. The molecule has 1 heterocycles. The maximum absolute atomic E-state index is 11.8. The number of halogens is 4. The molecule has 1 aromatic heterocycles. The lowest BCUT2D eigenvalue weighted by molar-refractivity contribution is -0.142. The molecule has 0 aliphatic heterocycles. The summed E-state index contributed by atoms with van der Waals surface area (Å²) in [5.41, 5.74) is 0. The quantitative estimate of drug-likeness (QED) is 0.931. The van der Waals surface area contributed by atoms with Gasteiger partial charge in [-0.3, -0.25) is 4.79 Å². The van der Waals surface area contributed by atoms with Crippen molar-refractivity contribution in [2.45, 2.75) is 19.0 Å². The Kier molecular flexibility index (Phi) is 4.28. The number of alkyl halides is 3. The fourth-order valence-electron chi connectivity index (χ4n) is 0.910. The molecule has 0 unspecified atom stereocenters. The summed E-state index contributed by atoms with van der Waals surface area (Å²) in [5.74, 6) is -0.470. The van der Waals surface area contributed by atoms with Crippen LogP contribution in [0.25, 0.3) is 0 Å². The predicted molar refractivity (Wildman–Crippen MR) is 55.9 cm³/mol. The molecule has 0 fully saturated rings. The monoisotopic (exact) mass is 296 g/mol. The SMILES string of the molecule is O=C(CCC(F)(F)F)Nc1ccc(Br)cn1. The number of hydrogen-bond acceptors (Lipinski definition) is 2. The molecule has 0 aliphatic rings. The fourth-order valence-corrected chi connectivity index (χ4v) is 1.14. The van der Waals surface area contributed by atoms with Crippen molar-refractivity contribution in [1.82, 2.24) is 4.98 Å². The maximum Gasteiger partial charge on any atom is 0.389 e. The average Bonchev–Trinajstić information content (AvgIpc) is 2.18. The van der Waals surface area contributed by atoms with Crippen molar-refractivity contribution in [3.8, 4) is 0 Å². The minimum absolute atomic E-state index is 0.232. The summed E-state index contributed by atoms with van der Waals surface area (Å²) in [7, 11) is 0. The Balaban J connectivity index is 2.43. The van der Waals surface area contributed by atoms with E-state index < -0.39 is 24.9 Å². The van der Waals surface area contributed by atoms with Crippen LogP contribution in [0.1, 0.15) is 12.8 Å². The Bertz CT molecular complexity index is 364. The number of nitrogens with zero attached hydrogens (tertiary/aromatic N) is 1. The molecule has 0 aliphatic carbocycles. The molecule has 3 nitrogen and oxygen atoms in total. The van der Waals surface area contributed by atoms with Crippen LogP contribution in [0.5, 0.6) is 0 Å². The molecule has 16 heavy (non-hydrogen) atoms. The Morgan fingerprint density at radius 1 is 1.44 bits per heavy atom. The van der Waals surface area contributed by atoms with Gasteiger partial charge in [0.25, 0.3) is 0 Å². The molecular weight excluding hydrogens is 289 g/mol. The second kappa shape index (κ2) is 5.29. The van der Waals surface area contributed by atoms with Gasteiger partial charge in [-0.05, 0) is 28.1 Å². The van der Waals surface area contributed by atoms with Gasteiger partial charge in [0.1, 0.15) is 5.82 Å². The van der Waals surface area contributed by atoms with Crippen molar-refractivity contribution in [3.05, 3.63) is 22.8 Å². The summed E-state index contributed by atoms with van der Waals surface area (Å²) < 4.78 is 36.1. The molecule has 0 atom stereocenters. The van der Waals surface area contributed by atoms with Crippen molar-refractivity contribution in [3.63, 3.8) is 0 Å². The van der Waals surface area contributed by atoms with E-state index >= 15 is 0 Å². The van der Waals surface area contributed by atoms with E-state index in [1.165, 1.54) is 12.3 Å². The fraction of sp³-hybridized carbons (Fsp3) is 0.333. The van der Waals surface area contributed by atoms with Crippen molar-refractivity contribution in [1.29, 1.82) is 0 Å². The van der Waals surface area contributed by atoms with Crippen LogP contribution in [0.2, 0.25) is 0 Å². The highest BCUT2D eigenvalue weighted by Gasteiger charge is 2.27. The number of rotatable bonds is 3. The molecule has 1 N–H and O–H groups in total. The van der Waals surface area contributed by atoms with Crippen LogP contribution in [0, 0.1) is 0 Å². The molecule has 7 heteroatoms. The van der Waals surface area contributed by atoms with Gasteiger partial charge >= 0.3 is 6.18 Å². The number of hydrogen-bond donors (Lipinski definition) is 1. The highest BCUT2D eigenvalue weighted by atomic mass is 79.9. The van der Waals surface area contributed by atoms with E-state index in [1.54, 1.807) is 6.07 Å². The lowest BCUT2D eigenvalue weighted by Crippen LogP contribution is -2.17. The molecule has 0 aromatic carbocycles. The van der Waals surface area contributed by atoms with E-state index in [9.17, 15) is 18.0 Å². The molecule has 1 aromatic rings. The molecular formula is C9H8BrF3N2O. The zero-order valence-corrected chi connectivity index (χ0v) is 9.60. The topological polar surface area (TPSA) is 42.0 Å². The first-order chi connectivity index (χ1) is 7.37. The van der Waals surface area contributed by atoms with Crippen LogP contribution >= 0.6 is 15.9 Å². The smallest absolute Gasteiger partial charge is 0.311 e. The third kappa shape index (κ3) is 5.11. The van der Waals surface area contributed by atoms with Crippen LogP contribution in [0.15, 0.2) is 22.8 Å². The number of nitrogens with one attached hydrogen (secondary N) is 1. The van der Waals surface area contributed by atoms with Crippen molar-refractivity contribution in [2.75, 3.05) is 5.32 Å². The molecule has 0 radical (unpaired) electrons.